The molecule has 5 heteroatoms. The van der Waals surface area contributed by atoms with E-state index in [0.717, 1.165) is 27.6 Å². The molecule has 0 spiro atoms. The highest BCUT2D eigenvalue weighted by Crippen LogP contribution is 2.25. The summed E-state index contributed by atoms with van der Waals surface area (Å²) in [5.74, 6) is 0.462. The first-order valence-electron chi connectivity index (χ1n) is 8.29. The van der Waals surface area contributed by atoms with Crippen molar-refractivity contribution in [2.45, 2.75) is 27.7 Å². The maximum atomic E-state index is 12.1. The van der Waals surface area contributed by atoms with Gasteiger partial charge in [-0.05, 0) is 56.5 Å². The van der Waals surface area contributed by atoms with Crippen molar-refractivity contribution >= 4 is 16.9 Å². The van der Waals surface area contributed by atoms with E-state index < -0.39 is 11.6 Å². The SMILES string of the molecule is Cc1cc(C)c(OCC(=O)Oc2ccc3c(C)cc(=O)oc3c2)c(C)c1. The lowest BCUT2D eigenvalue weighted by atomic mass is 10.1. The van der Waals surface area contributed by atoms with Gasteiger partial charge in [-0.25, -0.2) is 9.59 Å². The van der Waals surface area contributed by atoms with Crippen LogP contribution < -0.4 is 15.1 Å². The molecule has 0 unspecified atom stereocenters. The lowest BCUT2D eigenvalue weighted by Crippen LogP contribution is -2.18. The fourth-order valence-electron chi connectivity index (χ4n) is 3.06. The third kappa shape index (κ3) is 3.77. The molecule has 1 heterocycles. The van der Waals surface area contributed by atoms with Gasteiger partial charge in [-0.1, -0.05) is 17.7 Å². The monoisotopic (exact) mass is 352 g/mol. The molecule has 1 aromatic heterocycles. The number of rotatable bonds is 4. The normalized spacial score (nSPS) is 10.8. The Balaban J connectivity index is 1.72. The van der Waals surface area contributed by atoms with Crippen LogP contribution in [0.3, 0.4) is 0 Å². The van der Waals surface area contributed by atoms with Crippen LogP contribution in [0.4, 0.5) is 0 Å². The summed E-state index contributed by atoms with van der Waals surface area (Å²) in [5, 5.41) is 0.798. The molecule has 0 aliphatic rings. The predicted octanol–water partition coefficient (Wildman–Crippen LogP) is 4.01. The van der Waals surface area contributed by atoms with Gasteiger partial charge in [0.05, 0.1) is 0 Å². The van der Waals surface area contributed by atoms with Gasteiger partial charge in [-0.15, -0.1) is 0 Å². The molecule has 0 bridgehead atoms. The Bertz CT molecular complexity index is 1020. The van der Waals surface area contributed by atoms with Gasteiger partial charge in [0.2, 0.25) is 0 Å². The Morgan fingerprint density at radius 1 is 0.962 bits per heavy atom. The molecular formula is C21H20O5. The van der Waals surface area contributed by atoms with Gasteiger partial charge in [-0.3, -0.25) is 0 Å². The fourth-order valence-corrected chi connectivity index (χ4v) is 3.06. The number of ether oxygens (including phenoxy) is 2. The summed E-state index contributed by atoms with van der Waals surface area (Å²) >= 11 is 0. The second kappa shape index (κ2) is 7.04. The minimum atomic E-state index is -0.529. The van der Waals surface area contributed by atoms with E-state index in [4.69, 9.17) is 13.9 Å². The Hall–Kier alpha value is -3.08. The molecule has 0 aliphatic carbocycles. The molecule has 3 rings (SSSR count). The maximum absolute atomic E-state index is 12.1. The highest BCUT2D eigenvalue weighted by atomic mass is 16.6. The Kier molecular flexibility index (Phi) is 4.80. The van der Waals surface area contributed by atoms with Crippen LogP contribution in [0.15, 0.2) is 45.6 Å². The lowest BCUT2D eigenvalue weighted by molar-refractivity contribution is -0.136. The zero-order chi connectivity index (χ0) is 18.8. The van der Waals surface area contributed by atoms with E-state index in [0.29, 0.717) is 17.1 Å². The van der Waals surface area contributed by atoms with Crippen molar-refractivity contribution in [3.05, 3.63) is 69.1 Å². The topological polar surface area (TPSA) is 65.7 Å². The molecule has 0 saturated heterocycles. The molecule has 0 amide bonds. The molecule has 134 valence electrons. The van der Waals surface area contributed by atoms with Crippen LogP contribution in [0.1, 0.15) is 22.3 Å². The van der Waals surface area contributed by atoms with Gasteiger partial charge in [0.1, 0.15) is 17.1 Å². The highest BCUT2D eigenvalue weighted by Gasteiger charge is 2.11. The maximum Gasteiger partial charge on any atom is 0.349 e. The third-order valence-electron chi connectivity index (χ3n) is 4.09. The van der Waals surface area contributed by atoms with Crippen LogP contribution in [0.5, 0.6) is 11.5 Å². The van der Waals surface area contributed by atoms with Crippen LogP contribution in [0, 0.1) is 27.7 Å². The minimum Gasteiger partial charge on any atom is -0.481 e. The predicted molar refractivity (Wildman–Crippen MR) is 99.0 cm³/mol. The number of aryl methyl sites for hydroxylation is 4. The molecule has 26 heavy (non-hydrogen) atoms. The molecular weight excluding hydrogens is 332 g/mol. The average Bonchev–Trinajstić information content (AvgIpc) is 2.53. The van der Waals surface area contributed by atoms with Crippen molar-refractivity contribution in [1.29, 1.82) is 0 Å². The molecule has 5 nitrogen and oxygen atoms in total. The Morgan fingerprint density at radius 3 is 2.35 bits per heavy atom. The lowest BCUT2D eigenvalue weighted by Gasteiger charge is -2.12. The van der Waals surface area contributed by atoms with Crippen molar-refractivity contribution in [3.8, 4) is 11.5 Å². The number of carbonyl (C=O) groups is 1. The number of benzene rings is 2. The molecule has 0 radical (unpaired) electrons. The number of fused-ring (bicyclic) bond motifs is 1. The van der Waals surface area contributed by atoms with Gasteiger partial charge < -0.3 is 13.9 Å². The zero-order valence-electron chi connectivity index (χ0n) is 15.2. The summed E-state index contributed by atoms with van der Waals surface area (Å²) < 4.78 is 16.1. The van der Waals surface area contributed by atoms with Gasteiger partial charge in [0.15, 0.2) is 6.61 Å². The summed E-state index contributed by atoms with van der Waals surface area (Å²) in [6, 6.07) is 10.4. The molecule has 0 fully saturated rings. The van der Waals surface area contributed by atoms with E-state index in [-0.39, 0.29) is 6.61 Å². The summed E-state index contributed by atoms with van der Waals surface area (Å²) in [6.07, 6.45) is 0. The highest BCUT2D eigenvalue weighted by molar-refractivity contribution is 5.82. The van der Waals surface area contributed by atoms with E-state index in [9.17, 15) is 9.59 Å². The van der Waals surface area contributed by atoms with E-state index in [1.807, 2.05) is 39.8 Å². The fraction of sp³-hybridized carbons (Fsp3) is 0.238. The van der Waals surface area contributed by atoms with Crippen LogP contribution in [-0.2, 0) is 4.79 Å². The van der Waals surface area contributed by atoms with Crippen LogP contribution in [0.2, 0.25) is 0 Å². The van der Waals surface area contributed by atoms with Crippen molar-refractivity contribution in [2.24, 2.45) is 0 Å². The molecule has 0 saturated carbocycles. The summed E-state index contributed by atoms with van der Waals surface area (Å²) in [4.78, 5) is 23.6. The van der Waals surface area contributed by atoms with E-state index >= 15 is 0 Å². The Morgan fingerprint density at radius 2 is 1.65 bits per heavy atom. The second-order valence-corrected chi connectivity index (χ2v) is 6.40. The van der Waals surface area contributed by atoms with Crippen molar-refractivity contribution < 1.29 is 18.7 Å². The summed E-state index contributed by atoms with van der Waals surface area (Å²) in [7, 11) is 0. The van der Waals surface area contributed by atoms with Gasteiger partial charge >= 0.3 is 11.6 Å². The molecule has 0 atom stereocenters. The van der Waals surface area contributed by atoms with E-state index in [1.165, 1.54) is 12.1 Å². The Labute approximate surface area is 151 Å². The van der Waals surface area contributed by atoms with Crippen LogP contribution in [0.25, 0.3) is 11.0 Å². The number of esters is 1. The first-order valence-corrected chi connectivity index (χ1v) is 8.29. The zero-order valence-corrected chi connectivity index (χ0v) is 15.2. The molecule has 2 aromatic carbocycles. The molecule has 0 aliphatic heterocycles. The molecule has 3 aromatic rings. The van der Waals surface area contributed by atoms with Gasteiger partial charge in [0, 0.05) is 17.5 Å². The largest absolute Gasteiger partial charge is 0.481 e. The standard InChI is InChI=1S/C21H20O5/c1-12-7-14(3)21(15(4)8-12)24-11-20(23)25-16-5-6-17-13(2)9-19(22)26-18(17)10-16/h5-10H,11H2,1-4H3. The van der Waals surface area contributed by atoms with Gasteiger partial charge in [-0.2, -0.15) is 0 Å². The van der Waals surface area contributed by atoms with Crippen molar-refractivity contribution in [2.75, 3.05) is 6.61 Å². The average molecular weight is 352 g/mol. The van der Waals surface area contributed by atoms with Gasteiger partial charge in [0.25, 0.3) is 0 Å². The minimum absolute atomic E-state index is 0.208. The third-order valence-corrected chi connectivity index (χ3v) is 4.09. The van der Waals surface area contributed by atoms with Crippen LogP contribution in [-0.4, -0.2) is 12.6 Å². The smallest absolute Gasteiger partial charge is 0.349 e. The van der Waals surface area contributed by atoms with Crippen molar-refractivity contribution in [1.82, 2.24) is 0 Å². The summed E-state index contributed by atoms with van der Waals surface area (Å²) in [6.45, 7) is 7.51. The summed E-state index contributed by atoms with van der Waals surface area (Å²) in [5.41, 5.74) is 3.83. The first kappa shape index (κ1) is 17.7. The number of hydrogen-bond acceptors (Lipinski definition) is 5. The van der Waals surface area contributed by atoms with Crippen molar-refractivity contribution in [3.63, 3.8) is 0 Å². The number of hydrogen-bond donors (Lipinski definition) is 0. The second-order valence-electron chi connectivity index (χ2n) is 6.40. The molecule has 0 N–H and O–H groups in total. The quantitative estimate of drug-likeness (QED) is 0.403. The first-order chi connectivity index (χ1) is 12.3. The van der Waals surface area contributed by atoms with E-state index in [2.05, 4.69) is 0 Å². The van der Waals surface area contributed by atoms with Crippen LogP contribution >= 0.6 is 0 Å². The van der Waals surface area contributed by atoms with E-state index in [1.54, 1.807) is 12.1 Å². The number of carbonyl (C=O) groups excluding carboxylic acids is 1.